The molecule has 0 rings (SSSR count). The van der Waals surface area contributed by atoms with Crippen LogP contribution in [0.4, 0.5) is 0 Å². The van der Waals surface area contributed by atoms with E-state index in [0.717, 1.165) is 24.0 Å². The normalized spacial score (nSPS) is 13.0. The maximum absolute atomic E-state index is 9.88. The third-order valence-electron chi connectivity index (χ3n) is 1.15. The van der Waals surface area contributed by atoms with E-state index >= 15 is 0 Å². The summed E-state index contributed by atoms with van der Waals surface area (Å²) >= 11 is 8.13. The van der Waals surface area contributed by atoms with E-state index in [1.165, 1.54) is 6.08 Å². The molecule has 0 aromatic carbocycles. The lowest BCUT2D eigenvalue weighted by Crippen LogP contribution is -1.71. The van der Waals surface area contributed by atoms with Crippen molar-refractivity contribution in [2.24, 2.45) is 0 Å². The smallest absolute Gasteiger partial charge is 0.142 e. The second-order valence-electron chi connectivity index (χ2n) is 2.10. The maximum atomic E-state index is 9.88. The third-order valence-corrected chi connectivity index (χ3v) is 1.73. The van der Waals surface area contributed by atoms with Crippen molar-refractivity contribution in [1.29, 1.82) is 0 Å². The highest BCUT2D eigenvalue weighted by Crippen LogP contribution is 2.09. The van der Waals surface area contributed by atoms with Crippen molar-refractivity contribution < 1.29 is 4.79 Å². The van der Waals surface area contributed by atoms with Gasteiger partial charge in [0.25, 0.3) is 0 Å². The van der Waals surface area contributed by atoms with Crippen molar-refractivity contribution in [2.75, 3.05) is 0 Å². The van der Waals surface area contributed by atoms with Gasteiger partial charge < -0.3 is 0 Å². The lowest BCUT2D eigenvalue weighted by Gasteiger charge is -1.92. The minimum atomic E-state index is 0.741. The Labute approximate surface area is 84.1 Å². The summed E-state index contributed by atoms with van der Waals surface area (Å²) in [5, 5.41) is 1.71. The second-order valence-corrected chi connectivity index (χ2v) is 2.98. The van der Waals surface area contributed by atoms with Crippen LogP contribution in [0, 0.1) is 0 Å². The van der Waals surface area contributed by atoms with Gasteiger partial charge in [-0.2, -0.15) is 12.6 Å². The first kappa shape index (κ1) is 11.6. The molecule has 0 aromatic heterocycles. The minimum absolute atomic E-state index is 0.741. The van der Waals surface area contributed by atoms with Crippen LogP contribution in [-0.2, 0) is 4.79 Å². The summed E-state index contributed by atoms with van der Waals surface area (Å²) in [5.41, 5.74) is 0. The van der Waals surface area contributed by atoms with Gasteiger partial charge in [0.05, 0.1) is 0 Å². The molecule has 0 radical (unpaired) electrons. The molecule has 0 saturated carbocycles. The Kier molecular flexibility index (Phi) is 8.39. The first-order chi connectivity index (χ1) is 5.81. The summed E-state index contributed by atoms with van der Waals surface area (Å²) in [7, 11) is 0. The van der Waals surface area contributed by atoms with E-state index in [9.17, 15) is 4.79 Å². The summed E-state index contributed by atoms with van der Waals surface area (Å²) in [6.07, 6.45) is 9.42. The van der Waals surface area contributed by atoms with E-state index in [4.69, 9.17) is 0 Å². The monoisotopic (exact) mass is 200 g/mol. The van der Waals surface area contributed by atoms with Crippen molar-refractivity contribution in [2.45, 2.75) is 12.8 Å². The van der Waals surface area contributed by atoms with Crippen LogP contribution in [0.3, 0.4) is 0 Å². The number of carbonyl (C=O) groups excluding carboxylic acids is 1. The average molecular weight is 200 g/mol. The van der Waals surface area contributed by atoms with Crippen LogP contribution >= 0.6 is 25.3 Å². The molecule has 0 saturated heterocycles. The van der Waals surface area contributed by atoms with Crippen molar-refractivity contribution in [3.05, 3.63) is 34.6 Å². The predicted molar refractivity (Wildman–Crippen MR) is 59.6 cm³/mol. The van der Waals surface area contributed by atoms with Crippen molar-refractivity contribution in [3.63, 3.8) is 0 Å². The Morgan fingerprint density at radius 3 is 2.67 bits per heavy atom. The zero-order valence-corrected chi connectivity index (χ0v) is 8.47. The molecule has 0 bridgehead atoms. The fraction of sp³-hybridized carbons (Fsp3) is 0.222. The summed E-state index contributed by atoms with van der Waals surface area (Å²) in [5.74, 6) is 0. The summed E-state index contributed by atoms with van der Waals surface area (Å²) in [6, 6.07) is 0. The van der Waals surface area contributed by atoms with Crippen LogP contribution in [0.25, 0.3) is 0 Å². The molecule has 0 aromatic rings. The number of thiol groups is 2. The lowest BCUT2D eigenvalue weighted by molar-refractivity contribution is -0.104. The van der Waals surface area contributed by atoms with Gasteiger partial charge in [-0.1, -0.05) is 18.2 Å². The summed E-state index contributed by atoms with van der Waals surface area (Å²) < 4.78 is 0. The van der Waals surface area contributed by atoms with E-state index in [-0.39, 0.29) is 0 Å². The first-order valence-corrected chi connectivity index (χ1v) is 4.56. The molecule has 0 unspecified atom stereocenters. The average Bonchev–Trinajstić information content (AvgIpc) is 2.06. The van der Waals surface area contributed by atoms with Gasteiger partial charge in [-0.05, 0) is 29.2 Å². The Bertz CT molecular complexity index is 205. The maximum Gasteiger partial charge on any atom is 0.142 e. The second kappa shape index (κ2) is 8.68. The van der Waals surface area contributed by atoms with Gasteiger partial charge in [-0.15, -0.1) is 12.6 Å². The number of aldehydes is 1. The number of rotatable bonds is 5. The molecule has 0 aliphatic rings. The predicted octanol–water partition coefficient (Wildman–Crippen LogP) is 2.78. The Balaban J connectivity index is 3.69. The van der Waals surface area contributed by atoms with E-state index in [1.54, 1.807) is 11.5 Å². The van der Waals surface area contributed by atoms with Gasteiger partial charge in [0, 0.05) is 0 Å². The molecule has 0 aliphatic heterocycles. The minimum Gasteiger partial charge on any atom is -0.299 e. The zero-order valence-electron chi connectivity index (χ0n) is 6.68. The first-order valence-electron chi connectivity index (χ1n) is 3.60. The van der Waals surface area contributed by atoms with Gasteiger partial charge in [-0.25, -0.2) is 0 Å². The molecule has 3 heteroatoms. The number of hydrogen-bond donors (Lipinski definition) is 2. The fourth-order valence-corrected chi connectivity index (χ4v) is 0.965. The summed E-state index contributed by atoms with van der Waals surface area (Å²) in [4.78, 5) is 10.8. The highest BCUT2D eigenvalue weighted by atomic mass is 32.1. The summed E-state index contributed by atoms with van der Waals surface area (Å²) in [6.45, 7) is 0. The van der Waals surface area contributed by atoms with Gasteiger partial charge in [0.15, 0.2) is 0 Å². The molecule has 0 amide bonds. The van der Waals surface area contributed by atoms with Gasteiger partial charge >= 0.3 is 0 Å². The van der Waals surface area contributed by atoms with E-state index in [1.807, 2.05) is 12.2 Å². The molecule has 0 aliphatic carbocycles. The quantitative estimate of drug-likeness (QED) is 0.302. The molecule has 0 fully saturated rings. The van der Waals surface area contributed by atoms with Gasteiger partial charge in [-0.3, -0.25) is 4.79 Å². The standard InChI is InChI=1S/C9H12OS2/c10-7-3-1-5-9(12)6-2-4-8-11/h1,3-5,7-8,11-12H,2,6H2/b3-1+,8-4-,9-5-. The van der Waals surface area contributed by atoms with E-state index in [2.05, 4.69) is 25.3 Å². The van der Waals surface area contributed by atoms with Crippen LogP contribution in [0.15, 0.2) is 34.6 Å². The topological polar surface area (TPSA) is 17.1 Å². The Morgan fingerprint density at radius 2 is 2.08 bits per heavy atom. The van der Waals surface area contributed by atoms with Crippen molar-refractivity contribution in [3.8, 4) is 0 Å². The molecular formula is C9H12OS2. The molecule has 0 atom stereocenters. The van der Waals surface area contributed by atoms with E-state index < -0.39 is 0 Å². The Morgan fingerprint density at radius 1 is 1.33 bits per heavy atom. The van der Waals surface area contributed by atoms with E-state index in [0.29, 0.717) is 0 Å². The fourth-order valence-electron chi connectivity index (χ4n) is 0.601. The molecule has 1 nitrogen and oxygen atoms in total. The third kappa shape index (κ3) is 7.69. The van der Waals surface area contributed by atoms with Gasteiger partial charge in [0.2, 0.25) is 0 Å². The number of hydrogen-bond acceptors (Lipinski definition) is 3. The van der Waals surface area contributed by atoms with Crippen LogP contribution < -0.4 is 0 Å². The highest BCUT2D eigenvalue weighted by molar-refractivity contribution is 7.84. The molecule has 12 heavy (non-hydrogen) atoms. The SMILES string of the molecule is O=C/C=C/C=C(\S)CC/C=C\S. The number of carbonyl (C=O) groups is 1. The van der Waals surface area contributed by atoms with Crippen LogP contribution in [-0.4, -0.2) is 6.29 Å². The molecule has 0 spiro atoms. The molecule has 0 N–H and O–H groups in total. The molecular weight excluding hydrogens is 188 g/mol. The number of allylic oxidation sites excluding steroid dienone is 5. The molecule has 0 heterocycles. The lowest BCUT2D eigenvalue weighted by atomic mass is 10.3. The zero-order chi connectivity index (χ0) is 9.23. The van der Waals surface area contributed by atoms with Crippen LogP contribution in [0.2, 0.25) is 0 Å². The van der Waals surface area contributed by atoms with Crippen LogP contribution in [0.5, 0.6) is 0 Å². The van der Waals surface area contributed by atoms with Crippen LogP contribution in [0.1, 0.15) is 12.8 Å². The van der Waals surface area contributed by atoms with Gasteiger partial charge in [0.1, 0.15) is 6.29 Å². The van der Waals surface area contributed by atoms with Crippen molar-refractivity contribution >= 4 is 31.5 Å². The Hall–Kier alpha value is -0.410. The molecule has 66 valence electrons. The largest absolute Gasteiger partial charge is 0.299 e. The highest BCUT2D eigenvalue weighted by Gasteiger charge is 1.85. The van der Waals surface area contributed by atoms with Crippen molar-refractivity contribution in [1.82, 2.24) is 0 Å².